The molecule has 0 aliphatic heterocycles. The molecule has 0 saturated carbocycles. The van der Waals surface area contributed by atoms with Crippen LogP contribution in [0.4, 0.5) is 0 Å². The van der Waals surface area contributed by atoms with Gasteiger partial charge in [-0.3, -0.25) is 9.36 Å². The molecule has 4 rings (SSSR count). The number of fused-ring (bicyclic) bond motifs is 1. The number of nitrogens with zero attached hydrogens (tertiary/aromatic N) is 4. The van der Waals surface area contributed by atoms with Crippen LogP contribution in [-0.4, -0.2) is 19.7 Å². The van der Waals surface area contributed by atoms with E-state index >= 15 is 0 Å². The summed E-state index contributed by atoms with van der Waals surface area (Å²) in [7, 11) is 0. The minimum absolute atomic E-state index is 0.00949. The first-order valence-electron chi connectivity index (χ1n) is 8.25. The molecule has 26 heavy (non-hydrogen) atoms. The predicted octanol–water partition coefficient (Wildman–Crippen LogP) is 4.21. The van der Waals surface area contributed by atoms with Crippen LogP contribution in [0.2, 0.25) is 0 Å². The fourth-order valence-corrected chi connectivity index (χ4v) is 4.14. The first-order chi connectivity index (χ1) is 12.8. The van der Waals surface area contributed by atoms with Gasteiger partial charge in [0, 0.05) is 6.54 Å². The number of aromatic nitrogens is 4. The number of thiophene rings is 1. The first-order valence-corrected chi connectivity index (χ1v) is 10.1. The highest BCUT2D eigenvalue weighted by atomic mass is 32.2. The molecule has 1 aromatic carbocycles. The van der Waals surface area contributed by atoms with Crippen molar-refractivity contribution in [2.24, 2.45) is 0 Å². The summed E-state index contributed by atoms with van der Waals surface area (Å²) in [6.07, 6.45) is 0.858. The molecule has 0 aliphatic rings. The molecule has 3 heterocycles. The molecule has 0 amide bonds. The quantitative estimate of drug-likeness (QED) is 0.366. The second-order valence-electron chi connectivity index (χ2n) is 5.65. The second kappa shape index (κ2) is 7.43. The standard InChI is InChI=1S/C18H16N4O2S2/c1-2-9-22-17(23)12-6-3-4-7-13(12)19-18(22)26-11-15-20-16(21-24-15)14-8-5-10-25-14/h3-8,10H,2,9,11H2,1H3. The molecular weight excluding hydrogens is 368 g/mol. The Hall–Kier alpha value is -2.45. The summed E-state index contributed by atoms with van der Waals surface area (Å²) in [5.74, 6) is 1.57. The van der Waals surface area contributed by atoms with Crippen molar-refractivity contribution >= 4 is 34.0 Å². The van der Waals surface area contributed by atoms with Crippen molar-refractivity contribution < 1.29 is 4.52 Å². The Labute approximate surface area is 157 Å². The van der Waals surface area contributed by atoms with Gasteiger partial charge in [0.15, 0.2) is 5.16 Å². The van der Waals surface area contributed by atoms with Crippen LogP contribution in [0, 0.1) is 0 Å². The van der Waals surface area contributed by atoms with E-state index in [4.69, 9.17) is 4.52 Å². The molecule has 3 aromatic heterocycles. The van der Waals surface area contributed by atoms with E-state index < -0.39 is 0 Å². The van der Waals surface area contributed by atoms with Crippen LogP contribution in [0.5, 0.6) is 0 Å². The van der Waals surface area contributed by atoms with Crippen molar-refractivity contribution in [2.45, 2.75) is 30.8 Å². The number of hydrogen-bond donors (Lipinski definition) is 0. The lowest BCUT2D eigenvalue weighted by molar-refractivity contribution is 0.391. The van der Waals surface area contributed by atoms with E-state index in [2.05, 4.69) is 15.1 Å². The molecule has 0 radical (unpaired) electrons. The number of thioether (sulfide) groups is 1. The zero-order chi connectivity index (χ0) is 17.9. The summed E-state index contributed by atoms with van der Waals surface area (Å²) in [5, 5.41) is 7.31. The molecule has 6 nitrogen and oxygen atoms in total. The highest BCUT2D eigenvalue weighted by molar-refractivity contribution is 7.98. The number of para-hydroxylation sites is 1. The molecule has 132 valence electrons. The third-order valence-corrected chi connectivity index (χ3v) is 5.64. The van der Waals surface area contributed by atoms with Gasteiger partial charge >= 0.3 is 0 Å². The van der Waals surface area contributed by atoms with Crippen LogP contribution >= 0.6 is 23.1 Å². The molecule has 0 saturated heterocycles. The van der Waals surface area contributed by atoms with Gasteiger partial charge in [0.1, 0.15) is 0 Å². The maximum absolute atomic E-state index is 12.8. The van der Waals surface area contributed by atoms with E-state index in [0.29, 0.717) is 40.1 Å². The molecule has 0 bridgehead atoms. The maximum atomic E-state index is 12.8. The van der Waals surface area contributed by atoms with Crippen LogP contribution in [-0.2, 0) is 12.3 Å². The van der Waals surface area contributed by atoms with Crippen molar-refractivity contribution in [3.8, 4) is 10.7 Å². The molecule has 0 unspecified atom stereocenters. The lowest BCUT2D eigenvalue weighted by Gasteiger charge is -2.11. The predicted molar refractivity (Wildman–Crippen MR) is 103 cm³/mol. The largest absolute Gasteiger partial charge is 0.338 e. The van der Waals surface area contributed by atoms with Crippen molar-refractivity contribution in [3.63, 3.8) is 0 Å². The van der Waals surface area contributed by atoms with Gasteiger partial charge in [0.2, 0.25) is 11.7 Å². The topological polar surface area (TPSA) is 73.8 Å². The Bertz CT molecular complexity index is 1090. The summed E-state index contributed by atoms with van der Waals surface area (Å²) in [6.45, 7) is 2.67. The Morgan fingerprint density at radius 1 is 1.19 bits per heavy atom. The van der Waals surface area contributed by atoms with Gasteiger partial charge < -0.3 is 4.52 Å². The second-order valence-corrected chi connectivity index (χ2v) is 7.54. The minimum Gasteiger partial charge on any atom is -0.338 e. The van der Waals surface area contributed by atoms with Crippen LogP contribution in [0.1, 0.15) is 19.2 Å². The van der Waals surface area contributed by atoms with E-state index in [9.17, 15) is 4.79 Å². The van der Waals surface area contributed by atoms with Gasteiger partial charge in [-0.05, 0) is 30.0 Å². The van der Waals surface area contributed by atoms with E-state index in [1.807, 2.05) is 48.7 Å². The average molecular weight is 384 g/mol. The SMILES string of the molecule is CCCn1c(SCc2nc(-c3cccs3)no2)nc2ccccc2c1=O. The first kappa shape index (κ1) is 17.0. The number of rotatable bonds is 6. The van der Waals surface area contributed by atoms with Crippen molar-refractivity contribution in [3.05, 3.63) is 58.0 Å². The summed E-state index contributed by atoms with van der Waals surface area (Å²) >= 11 is 3.01. The third-order valence-electron chi connectivity index (χ3n) is 3.81. The highest BCUT2D eigenvalue weighted by Crippen LogP contribution is 2.25. The summed E-state index contributed by atoms with van der Waals surface area (Å²) < 4.78 is 7.06. The van der Waals surface area contributed by atoms with Crippen LogP contribution in [0.25, 0.3) is 21.6 Å². The Kier molecular flexibility index (Phi) is 4.85. The Morgan fingerprint density at radius 3 is 2.88 bits per heavy atom. The van der Waals surface area contributed by atoms with Gasteiger partial charge in [-0.25, -0.2) is 4.98 Å². The van der Waals surface area contributed by atoms with Gasteiger partial charge in [-0.15, -0.1) is 11.3 Å². The third kappa shape index (κ3) is 3.30. The molecule has 4 aromatic rings. The van der Waals surface area contributed by atoms with Gasteiger partial charge in [0.25, 0.3) is 5.56 Å². The fraction of sp³-hybridized carbons (Fsp3) is 0.222. The van der Waals surface area contributed by atoms with Crippen LogP contribution < -0.4 is 5.56 Å². The number of benzene rings is 1. The van der Waals surface area contributed by atoms with Gasteiger partial charge in [-0.1, -0.05) is 42.0 Å². The molecular formula is C18H16N4O2S2. The normalized spacial score (nSPS) is 11.3. The van der Waals surface area contributed by atoms with Gasteiger partial charge in [0.05, 0.1) is 21.5 Å². The molecule has 8 heteroatoms. The Morgan fingerprint density at radius 2 is 2.08 bits per heavy atom. The monoisotopic (exact) mass is 384 g/mol. The summed E-state index contributed by atoms with van der Waals surface area (Å²) in [4.78, 5) is 22.8. The lowest BCUT2D eigenvalue weighted by Crippen LogP contribution is -2.23. The van der Waals surface area contributed by atoms with Crippen molar-refractivity contribution in [1.82, 2.24) is 19.7 Å². The van der Waals surface area contributed by atoms with Crippen LogP contribution in [0.3, 0.4) is 0 Å². The summed E-state index contributed by atoms with van der Waals surface area (Å²) in [5.41, 5.74) is 0.696. The van der Waals surface area contributed by atoms with E-state index in [1.54, 1.807) is 15.9 Å². The highest BCUT2D eigenvalue weighted by Gasteiger charge is 2.14. The maximum Gasteiger partial charge on any atom is 0.262 e. The number of hydrogen-bond acceptors (Lipinski definition) is 7. The van der Waals surface area contributed by atoms with Gasteiger partial charge in [-0.2, -0.15) is 4.98 Å². The van der Waals surface area contributed by atoms with Crippen LogP contribution in [0.15, 0.2) is 56.3 Å². The molecule has 0 atom stereocenters. The van der Waals surface area contributed by atoms with Crippen molar-refractivity contribution in [1.29, 1.82) is 0 Å². The Balaban J connectivity index is 1.62. The zero-order valence-corrected chi connectivity index (χ0v) is 15.7. The average Bonchev–Trinajstić information content (AvgIpc) is 3.34. The minimum atomic E-state index is -0.00949. The smallest absolute Gasteiger partial charge is 0.262 e. The zero-order valence-electron chi connectivity index (χ0n) is 14.1. The molecule has 0 N–H and O–H groups in total. The molecule has 0 fully saturated rings. The van der Waals surface area contributed by atoms with E-state index in [-0.39, 0.29) is 5.56 Å². The summed E-state index contributed by atoms with van der Waals surface area (Å²) in [6, 6.07) is 11.3. The fourth-order valence-electron chi connectivity index (χ4n) is 2.62. The lowest BCUT2D eigenvalue weighted by atomic mass is 10.2. The van der Waals surface area contributed by atoms with E-state index in [0.717, 1.165) is 11.3 Å². The molecule has 0 aliphatic carbocycles. The van der Waals surface area contributed by atoms with E-state index in [1.165, 1.54) is 11.8 Å². The molecule has 0 spiro atoms. The van der Waals surface area contributed by atoms with Crippen molar-refractivity contribution in [2.75, 3.05) is 0 Å².